The Hall–Kier alpha value is -1.25. The quantitative estimate of drug-likeness (QED) is 0.550. The van der Waals surface area contributed by atoms with Crippen LogP contribution in [0.25, 0.3) is 20.8 Å². The Bertz CT molecular complexity index is 617. The Morgan fingerprint density at radius 2 is 1.94 bits per heavy atom. The van der Waals surface area contributed by atoms with Gasteiger partial charge in [0.25, 0.3) is 0 Å². The minimum Gasteiger partial charge on any atom is -0.507 e. The van der Waals surface area contributed by atoms with E-state index in [4.69, 9.17) is 0 Å². The molecule has 0 atom stereocenters. The molecule has 0 aliphatic carbocycles. The SMILES string of the molecule is Oc1ccccc1-c1nc2[c-]cccc2s1.[Zn+2]. The first-order valence-electron chi connectivity index (χ1n) is 4.90. The topological polar surface area (TPSA) is 33.1 Å². The van der Waals surface area contributed by atoms with Gasteiger partial charge in [-0.25, -0.2) is 0 Å². The molecule has 1 aromatic heterocycles. The molecule has 0 saturated heterocycles. The van der Waals surface area contributed by atoms with Crippen molar-refractivity contribution in [2.75, 3.05) is 0 Å². The van der Waals surface area contributed by atoms with Crippen LogP contribution in [0.3, 0.4) is 0 Å². The first-order chi connectivity index (χ1) is 7.84. The maximum Gasteiger partial charge on any atom is 2.00 e. The normalized spacial score (nSPS) is 10.1. The summed E-state index contributed by atoms with van der Waals surface area (Å²) < 4.78 is 1.08. The Morgan fingerprint density at radius 3 is 2.71 bits per heavy atom. The molecule has 1 N–H and O–H groups in total. The summed E-state index contributed by atoms with van der Waals surface area (Å²) in [5, 5.41) is 10.6. The second-order valence-corrected chi connectivity index (χ2v) is 4.45. The molecule has 0 fully saturated rings. The number of benzene rings is 2. The molecule has 0 amide bonds. The van der Waals surface area contributed by atoms with Gasteiger partial charge in [-0.2, -0.15) is 35.6 Å². The molecule has 3 aromatic rings. The molecule has 0 aliphatic rings. The van der Waals surface area contributed by atoms with Crippen molar-refractivity contribution in [3.8, 4) is 16.3 Å². The smallest absolute Gasteiger partial charge is 0.507 e. The van der Waals surface area contributed by atoms with Crippen LogP contribution in [-0.2, 0) is 19.5 Å². The van der Waals surface area contributed by atoms with E-state index in [1.165, 1.54) is 0 Å². The van der Waals surface area contributed by atoms with Gasteiger partial charge in [-0.1, -0.05) is 16.8 Å². The molecule has 4 heteroatoms. The van der Waals surface area contributed by atoms with E-state index in [1.807, 2.05) is 30.3 Å². The van der Waals surface area contributed by atoms with Crippen molar-refractivity contribution in [2.45, 2.75) is 0 Å². The van der Waals surface area contributed by atoms with Crippen LogP contribution >= 0.6 is 11.3 Å². The van der Waals surface area contributed by atoms with E-state index in [0.29, 0.717) is 0 Å². The predicted octanol–water partition coefficient (Wildman–Crippen LogP) is 3.47. The molecule has 0 spiro atoms. The number of aromatic hydroxyl groups is 1. The van der Waals surface area contributed by atoms with Gasteiger partial charge in [-0.05, 0) is 17.6 Å². The Labute approximate surface area is 116 Å². The van der Waals surface area contributed by atoms with E-state index in [9.17, 15) is 5.11 Å². The van der Waals surface area contributed by atoms with Crippen LogP contribution < -0.4 is 0 Å². The number of phenolic OH excluding ortho intramolecular Hbond substituents is 1. The van der Waals surface area contributed by atoms with Crippen molar-refractivity contribution in [1.29, 1.82) is 0 Å². The van der Waals surface area contributed by atoms with E-state index in [1.54, 1.807) is 23.5 Å². The molecule has 1 heterocycles. The minimum atomic E-state index is 0. The van der Waals surface area contributed by atoms with Gasteiger partial charge in [-0.3, -0.25) is 4.98 Å². The number of para-hydroxylation sites is 2. The predicted molar refractivity (Wildman–Crippen MR) is 65.6 cm³/mol. The third-order valence-electron chi connectivity index (χ3n) is 2.35. The van der Waals surface area contributed by atoms with Crippen LogP contribution in [0.2, 0.25) is 0 Å². The number of hydrogen-bond donors (Lipinski definition) is 1. The van der Waals surface area contributed by atoms with Gasteiger partial charge in [-0.15, -0.1) is 0 Å². The summed E-state index contributed by atoms with van der Waals surface area (Å²) in [6.07, 6.45) is 0. The summed E-state index contributed by atoms with van der Waals surface area (Å²) in [5.41, 5.74) is 1.63. The average molecular weight is 292 g/mol. The maximum absolute atomic E-state index is 9.75. The number of phenols is 1. The van der Waals surface area contributed by atoms with Crippen LogP contribution in [0, 0.1) is 6.07 Å². The number of rotatable bonds is 1. The summed E-state index contributed by atoms with van der Waals surface area (Å²) in [4.78, 5) is 4.45. The summed E-state index contributed by atoms with van der Waals surface area (Å²) in [6, 6.07) is 16.1. The maximum atomic E-state index is 9.75. The molecular formula is C13H8NOSZn+. The summed E-state index contributed by atoms with van der Waals surface area (Å²) in [7, 11) is 0. The minimum absolute atomic E-state index is 0. The number of fused-ring (bicyclic) bond motifs is 1. The molecule has 2 nitrogen and oxygen atoms in total. The number of thiazole rings is 1. The average Bonchev–Trinajstić information content (AvgIpc) is 2.73. The van der Waals surface area contributed by atoms with Crippen molar-refractivity contribution < 1.29 is 24.6 Å². The fourth-order valence-corrected chi connectivity index (χ4v) is 2.56. The number of hydrogen-bond acceptors (Lipinski definition) is 3. The molecule has 17 heavy (non-hydrogen) atoms. The van der Waals surface area contributed by atoms with E-state index in [-0.39, 0.29) is 25.2 Å². The first kappa shape index (κ1) is 12.2. The van der Waals surface area contributed by atoms with Gasteiger partial charge in [0.1, 0.15) is 10.8 Å². The molecule has 78 valence electrons. The summed E-state index contributed by atoms with van der Waals surface area (Å²) >= 11 is 1.56. The van der Waals surface area contributed by atoms with Gasteiger partial charge in [0, 0.05) is 0 Å². The summed E-state index contributed by atoms with van der Waals surface area (Å²) in [5.74, 6) is 0.265. The number of nitrogens with zero attached hydrogens (tertiary/aromatic N) is 1. The molecule has 0 bridgehead atoms. The van der Waals surface area contributed by atoms with E-state index in [0.717, 1.165) is 20.8 Å². The zero-order valence-electron chi connectivity index (χ0n) is 9.05. The van der Waals surface area contributed by atoms with Crippen molar-refractivity contribution in [3.05, 3.63) is 48.5 Å². The van der Waals surface area contributed by atoms with Crippen LogP contribution in [0.1, 0.15) is 0 Å². The molecule has 3 rings (SSSR count). The Balaban J connectivity index is 0.00000108. The van der Waals surface area contributed by atoms with E-state index >= 15 is 0 Å². The molecule has 0 unspecified atom stereocenters. The van der Waals surface area contributed by atoms with Gasteiger partial charge >= 0.3 is 19.5 Å². The molecular weight excluding hydrogens is 284 g/mol. The monoisotopic (exact) mass is 290 g/mol. The van der Waals surface area contributed by atoms with Crippen LogP contribution in [0.4, 0.5) is 0 Å². The fraction of sp³-hybridized carbons (Fsp3) is 0. The van der Waals surface area contributed by atoms with Crippen molar-refractivity contribution in [3.63, 3.8) is 0 Å². The molecule has 2 aromatic carbocycles. The molecule has 0 saturated carbocycles. The third-order valence-corrected chi connectivity index (χ3v) is 3.41. The number of aromatic nitrogens is 1. The van der Waals surface area contributed by atoms with Crippen molar-refractivity contribution in [2.24, 2.45) is 0 Å². The Kier molecular flexibility index (Phi) is 3.55. The van der Waals surface area contributed by atoms with Gasteiger partial charge in [0.05, 0.1) is 5.56 Å². The van der Waals surface area contributed by atoms with Crippen molar-refractivity contribution in [1.82, 2.24) is 4.98 Å². The zero-order chi connectivity index (χ0) is 11.0. The van der Waals surface area contributed by atoms with Gasteiger partial charge in [0.15, 0.2) is 0 Å². The van der Waals surface area contributed by atoms with Crippen molar-refractivity contribution >= 4 is 21.6 Å². The Morgan fingerprint density at radius 1 is 1.12 bits per heavy atom. The first-order valence-corrected chi connectivity index (χ1v) is 5.72. The van der Waals surface area contributed by atoms with Crippen LogP contribution in [0.5, 0.6) is 5.75 Å². The second kappa shape index (κ2) is 4.95. The molecule has 0 radical (unpaired) electrons. The fourth-order valence-electron chi connectivity index (χ4n) is 1.58. The standard InChI is InChI=1S/C13H8NOS.Zn/c15-11-7-3-1-5-9(11)13-14-10-6-2-4-8-12(10)16-13;/h1-5,7-8,15H;/q-1;+2. The summed E-state index contributed by atoms with van der Waals surface area (Å²) in [6.45, 7) is 0. The van der Waals surface area contributed by atoms with Gasteiger partial charge in [0.2, 0.25) is 0 Å². The van der Waals surface area contributed by atoms with Crippen LogP contribution in [0.15, 0.2) is 42.5 Å². The second-order valence-electron chi connectivity index (χ2n) is 3.42. The zero-order valence-corrected chi connectivity index (χ0v) is 12.8. The van der Waals surface area contributed by atoms with Crippen LogP contribution in [-0.4, -0.2) is 10.1 Å². The largest absolute Gasteiger partial charge is 2.00 e. The molecule has 0 aliphatic heterocycles. The van der Waals surface area contributed by atoms with E-state index in [2.05, 4.69) is 11.1 Å². The third kappa shape index (κ3) is 2.24. The van der Waals surface area contributed by atoms with Gasteiger partial charge < -0.3 is 5.11 Å². The van der Waals surface area contributed by atoms with E-state index < -0.39 is 0 Å².